The summed E-state index contributed by atoms with van der Waals surface area (Å²) in [5.41, 5.74) is 2.79. The van der Waals surface area contributed by atoms with E-state index in [0.717, 1.165) is 25.1 Å². The number of aromatic carboxylic acids is 1. The van der Waals surface area contributed by atoms with Crippen LogP contribution in [0.4, 0.5) is 5.69 Å². The van der Waals surface area contributed by atoms with E-state index >= 15 is 0 Å². The fourth-order valence-corrected chi connectivity index (χ4v) is 4.31. The van der Waals surface area contributed by atoms with Gasteiger partial charge in [-0.25, -0.2) is 4.79 Å². The van der Waals surface area contributed by atoms with Crippen molar-refractivity contribution >= 4 is 22.4 Å². The van der Waals surface area contributed by atoms with E-state index in [1.807, 2.05) is 12.1 Å². The van der Waals surface area contributed by atoms with Gasteiger partial charge in [0, 0.05) is 12.2 Å². The Balaban J connectivity index is 1.47. The number of morpholine rings is 1. The molecule has 0 aromatic heterocycles. The van der Waals surface area contributed by atoms with E-state index in [2.05, 4.69) is 54.3 Å². The van der Waals surface area contributed by atoms with Crippen molar-refractivity contribution in [1.82, 2.24) is 0 Å². The van der Waals surface area contributed by atoms with Crippen LogP contribution in [0.5, 0.6) is 0 Å². The van der Waals surface area contributed by atoms with Crippen molar-refractivity contribution in [2.75, 3.05) is 24.7 Å². The monoisotopic (exact) mass is 389 g/mol. The van der Waals surface area contributed by atoms with Gasteiger partial charge in [0.2, 0.25) is 0 Å². The van der Waals surface area contributed by atoms with Crippen molar-refractivity contribution in [3.63, 3.8) is 0 Å². The first kappa shape index (κ1) is 19.5. The first-order valence-electron chi connectivity index (χ1n) is 10.3. The van der Waals surface area contributed by atoms with Crippen LogP contribution < -0.4 is 4.90 Å². The topological polar surface area (TPSA) is 49.8 Å². The second-order valence-corrected chi connectivity index (χ2v) is 7.82. The summed E-state index contributed by atoms with van der Waals surface area (Å²) in [7, 11) is 0. The maximum atomic E-state index is 11.1. The number of anilines is 1. The second kappa shape index (κ2) is 8.66. The highest BCUT2D eigenvalue weighted by Gasteiger charge is 2.24. The van der Waals surface area contributed by atoms with E-state index in [1.165, 1.54) is 16.3 Å². The summed E-state index contributed by atoms with van der Waals surface area (Å²) in [6.45, 7) is 4.55. The van der Waals surface area contributed by atoms with Crippen LogP contribution in [0.15, 0.2) is 66.7 Å². The molecular formula is C25H27NO3. The first-order chi connectivity index (χ1) is 14.1. The van der Waals surface area contributed by atoms with Gasteiger partial charge in [0.25, 0.3) is 0 Å². The van der Waals surface area contributed by atoms with E-state index in [9.17, 15) is 4.79 Å². The molecule has 3 aromatic carbocycles. The fourth-order valence-electron chi connectivity index (χ4n) is 4.31. The summed E-state index contributed by atoms with van der Waals surface area (Å²) in [6, 6.07) is 22.6. The Labute approximate surface area is 171 Å². The van der Waals surface area contributed by atoms with E-state index < -0.39 is 5.97 Å². The van der Waals surface area contributed by atoms with Gasteiger partial charge in [0.1, 0.15) is 0 Å². The Morgan fingerprint density at radius 2 is 1.86 bits per heavy atom. The SMILES string of the molecule is C[C@@H](CCC1COCCN1c1ccc(C(=O)O)cc1)c1cccc2ccccc12. The average Bonchev–Trinajstić information content (AvgIpc) is 2.77. The normalized spacial score (nSPS) is 18.0. The molecule has 150 valence electrons. The molecule has 1 heterocycles. The fraction of sp³-hybridized carbons (Fsp3) is 0.320. The summed E-state index contributed by atoms with van der Waals surface area (Å²) < 4.78 is 5.77. The Kier molecular flexibility index (Phi) is 5.81. The van der Waals surface area contributed by atoms with Gasteiger partial charge in [-0.3, -0.25) is 0 Å². The van der Waals surface area contributed by atoms with Crippen molar-refractivity contribution in [1.29, 1.82) is 0 Å². The molecule has 1 aliphatic rings. The average molecular weight is 389 g/mol. The number of carboxylic acids is 1. The second-order valence-electron chi connectivity index (χ2n) is 7.82. The maximum absolute atomic E-state index is 11.1. The first-order valence-corrected chi connectivity index (χ1v) is 10.3. The molecule has 4 nitrogen and oxygen atoms in total. The zero-order chi connectivity index (χ0) is 20.2. The maximum Gasteiger partial charge on any atom is 0.335 e. The highest BCUT2D eigenvalue weighted by Crippen LogP contribution is 2.31. The number of carbonyl (C=O) groups is 1. The van der Waals surface area contributed by atoms with Gasteiger partial charge in [0.05, 0.1) is 24.8 Å². The van der Waals surface area contributed by atoms with Gasteiger partial charge in [-0.05, 0) is 59.4 Å². The number of benzene rings is 3. The highest BCUT2D eigenvalue weighted by atomic mass is 16.5. The molecule has 0 radical (unpaired) electrons. The number of ether oxygens (including phenoxy) is 1. The van der Waals surface area contributed by atoms with Crippen LogP contribution in [-0.2, 0) is 4.74 Å². The standard InChI is InChI=1S/C25H27NO3/c1-18(23-8-4-6-19-5-2-3-7-24(19)23)9-12-22-17-29-16-15-26(22)21-13-10-20(11-14-21)25(27)28/h2-8,10-11,13-14,18,22H,9,12,15-17H2,1H3,(H,27,28)/t18-,22?/m0/s1. The van der Waals surface area contributed by atoms with Crippen LogP contribution in [0.25, 0.3) is 10.8 Å². The number of hydrogen-bond acceptors (Lipinski definition) is 3. The van der Waals surface area contributed by atoms with E-state index in [4.69, 9.17) is 9.84 Å². The molecule has 1 unspecified atom stereocenters. The molecule has 1 saturated heterocycles. The summed E-state index contributed by atoms with van der Waals surface area (Å²) in [6.07, 6.45) is 2.11. The van der Waals surface area contributed by atoms with Crippen LogP contribution in [0.3, 0.4) is 0 Å². The lowest BCUT2D eigenvalue weighted by Crippen LogP contribution is -2.45. The molecule has 0 saturated carbocycles. The smallest absolute Gasteiger partial charge is 0.335 e. The van der Waals surface area contributed by atoms with E-state index in [1.54, 1.807) is 12.1 Å². The van der Waals surface area contributed by atoms with Crippen molar-refractivity contribution < 1.29 is 14.6 Å². The molecule has 0 amide bonds. The van der Waals surface area contributed by atoms with E-state index in [0.29, 0.717) is 30.7 Å². The molecule has 2 atom stereocenters. The van der Waals surface area contributed by atoms with Crippen molar-refractivity contribution in [3.8, 4) is 0 Å². The number of hydrogen-bond donors (Lipinski definition) is 1. The van der Waals surface area contributed by atoms with Crippen molar-refractivity contribution in [2.24, 2.45) is 0 Å². The molecular weight excluding hydrogens is 362 g/mol. The summed E-state index contributed by atoms with van der Waals surface area (Å²) >= 11 is 0. The van der Waals surface area contributed by atoms with Gasteiger partial charge >= 0.3 is 5.97 Å². The minimum Gasteiger partial charge on any atom is -0.478 e. The largest absolute Gasteiger partial charge is 0.478 e. The highest BCUT2D eigenvalue weighted by molar-refractivity contribution is 5.88. The zero-order valence-electron chi connectivity index (χ0n) is 16.8. The van der Waals surface area contributed by atoms with Crippen molar-refractivity contribution in [2.45, 2.75) is 31.7 Å². The molecule has 3 aromatic rings. The Morgan fingerprint density at radius 3 is 2.66 bits per heavy atom. The van der Waals surface area contributed by atoms with Crippen LogP contribution in [0.2, 0.25) is 0 Å². The zero-order valence-corrected chi connectivity index (χ0v) is 16.8. The minimum absolute atomic E-state index is 0.303. The molecule has 1 N–H and O–H groups in total. The van der Waals surface area contributed by atoms with Crippen LogP contribution in [-0.4, -0.2) is 36.9 Å². The lowest BCUT2D eigenvalue weighted by Gasteiger charge is -2.38. The minimum atomic E-state index is -0.890. The van der Waals surface area contributed by atoms with Gasteiger partial charge < -0.3 is 14.7 Å². The number of rotatable bonds is 6. The number of fused-ring (bicyclic) bond motifs is 1. The Hall–Kier alpha value is -2.85. The Morgan fingerprint density at radius 1 is 1.10 bits per heavy atom. The van der Waals surface area contributed by atoms with Gasteiger partial charge in [0.15, 0.2) is 0 Å². The van der Waals surface area contributed by atoms with Crippen molar-refractivity contribution in [3.05, 3.63) is 77.9 Å². The third-order valence-corrected chi connectivity index (χ3v) is 5.96. The molecule has 0 aliphatic carbocycles. The summed E-state index contributed by atoms with van der Waals surface area (Å²) in [5.74, 6) is -0.432. The van der Waals surface area contributed by atoms with E-state index in [-0.39, 0.29) is 0 Å². The third-order valence-electron chi connectivity index (χ3n) is 5.96. The number of nitrogens with zero attached hydrogens (tertiary/aromatic N) is 1. The molecule has 1 aliphatic heterocycles. The molecule has 4 rings (SSSR count). The molecule has 4 heteroatoms. The molecule has 1 fully saturated rings. The molecule has 29 heavy (non-hydrogen) atoms. The van der Waals surface area contributed by atoms with Gasteiger partial charge in [-0.2, -0.15) is 0 Å². The van der Waals surface area contributed by atoms with Crippen LogP contribution in [0, 0.1) is 0 Å². The molecule has 0 spiro atoms. The van der Waals surface area contributed by atoms with Gasteiger partial charge in [-0.1, -0.05) is 49.4 Å². The summed E-state index contributed by atoms with van der Waals surface area (Å²) in [4.78, 5) is 13.5. The Bertz CT molecular complexity index is 978. The summed E-state index contributed by atoms with van der Waals surface area (Å²) in [5, 5.41) is 11.8. The number of carboxylic acid groups (broad SMARTS) is 1. The van der Waals surface area contributed by atoms with Crippen LogP contribution >= 0.6 is 0 Å². The lowest BCUT2D eigenvalue weighted by atomic mass is 9.90. The molecule has 0 bridgehead atoms. The quantitative estimate of drug-likeness (QED) is 0.619. The lowest BCUT2D eigenvalue weighted by molar-refractivity contribution is 0.0696. The predicted octanol–water partition coefficient (Wildman–Crippen LogP) is 5.33. The van der Waals surface area contributed by atoms with Crippen LogP contribution in [0.1, 0.15) is 41.6 Å². The van der Waals surface area contributed by atoms with Gasteiger partial charge in [-0.15, -0.1) is 0 Å². The predicted molar refractivity (Wildman–Crippen MR) is 117 cm³/mol. The third kappa shape index (κ3) is 4.28.